The summed E-state index contributed by atoms with van der Waals surface area (Å²) >= 11 is 0. The van der Waals surface area contributed by atoms with Crippen LogP contribution in [0.4, 0.5) is 11.8 Å². The Balaban J connectivity index is 2.14. The van der Waals surface area contributed by atoms with E-state index in [0.717, 1.165) is 42.7 Å². The molecule has 0 aromatic carbocycles. The summed E-state index contributed by atoms with van der Waals surface area (Å²) < 4.78 is 7.39. The van der Waals surface area contributed by atoms with Crippen LogP contribution >= 0.6 is 0 Å². The van der Waals surface area contributed by atoms with Crippen LogP contribution < -0.4 is 10.6 Å². The van der Waals surface area contributed by atoms with Crippen LogP contribution in [0.5, 0.6) is 0 Å². The highest BCUT2D eigenvalue weighted by Gasteiger charge is 2.21. The molecule has 0 amide bonds. The Kier molecular flexibility index (Phi) is 4.15. The highest BCUT2D eigenvalue weighted by molar-refractivity contribution is 5.89. The molecule has 0 aliphatic carbocycles. The summed E-state index contributed by atoms with van der Waals surface area (Å²) in [6.07, 6.45) is 1.82. The lowest BCUT2D eigenvalue weighted by Gasteiger charge is -2.27. The highest BCUT2D eigenvalue weighted by atomic mass is 16.5. The molecule has 0 radical (unpaired) electrons. The van der Waals surface area contributed by atoms with Crippen molar-refractivity contribution in [3.05, 3.63) is 5.69 Å². The summed E-state index contributed by atoms with van der Waals surface area (Å²) in [6, 6.07) is 0.287. The van der Waals surface area contributed by atoms with Gasteiger partial charge in [0.1, 0.15) is 5.82 Å². The van der Waals surface area contributed by atoms with Crippen molar-refractivity contribution in [3.8, 4) is 0 Å². The van der Waals surface area contributed by atoms with Crippen LogP contribution in [0.15, 0.2) is 0 Å². The van der Waals surface area contributed by atoms with Crippen LogP contribution in [0.1, 0.15) is 38.9 Å². The number of hydrogen-bond donors (Lipinski definition) is 1. The molecule has 2 aromatic heterocycles. The number of nitrogens with zero attached hydrogens (tertiary/aromatic N) is 5. The van der Waals surface area contributed by atoms with Gasteiger partial charge in [0.05, 0.1) is 30.3 Å². The second-order valence-corrected chi connectivity index (χ2v) is 5.71. The summed E-state index contributed by atoms with van der Waals surface area (Å²) in [7, 11) is 0. The Bertz CT molecular complexity index is 662. The minimum absolute atomic E-state index is 0.287. The molecule has 3 heterocycles. The smallest absolute Gasteiger partial charge is 0.229 e. The molecule has 1 saturated heterocycles. The number of nitrogens with two attached hydrogens (primary N) is 1. The van der Waals surface area contributed by atoms with E-state index in [1.807, 2.05) is 4.68 Å². The molecule has 1 atom stereocenters. The predicted octanol–water partition coefficient (Wildman–Crippen LogP) is 1.78. The lowest BCUT2D eigenvalue weighted by Crippen LogP contribution is -2.37. The summed E-state index contributed by atoms with van der Waals surface area (Å²) in [5.41, 5.74) is 8.05. The van der Waals surface area contributed by atoms with Crippen molar-refractivity contribution in [3.63, 3.8) is 0 Å². The maximum Gasteiger partial charge on any atom is 0.229 e. The third kappa shape index (κ3) is 2.49. The molecule has 2 N–H and O–H groups in total. The van der Waals surface area contributed by atoms with Gasteiger partial charge in [-0.3, -0.25) is 0 Å². The van der Waals surface area contributed by atoms with Gasteiger partial charge in [0, 0.05) is 13.1 Å². The number of aryl methyl sites for hydroxylation is 1. The zero-order valence-corrected chi connectivity index (χ0v) is 13.5. The van der Waals surface area contributed by atoms with Gasteiger partial charge in [-0.1, -0.05) is 13.8 Å². The number of anilines is 2. The van der Waals surface area contributed by atoms with Crippen molar-refractivity contribution < 1.29 is 4.74 Å². The van der Waals surface area contributed by atoms with Gasteiger partial charge in [0.2, 0.25) is 5.95 Å². The third-order valence-electron chi connectivity index (χ3n) is 4.28. The minimum atomic E-state index is 0.287. The summed E-state index contributed by atoms with van der Waals surface area (Å²) in [5.74, 6) is 1.21. The molecule has 0 saturated carbocycles. The van der Waals surface area contributed by atoms with Crippen LogP contribution in [0, 0.1) is 0 Å². The van der Waals surface area contributed by atoms with E-state index in [0.29, 0.717) is 25.0 Å². The molecule has 1 aliphatic heterocycles. The molecule has 3 rings (SSSR count). The molecule has 22 heavy (non-hydrogen) atoms. The van der Waals surface area contributed by atoms with Crippen LogP contribution in [0.2, 0.25) is 0 Å². The van der Waals surface area contributed by atoms with E-state index in [1.54, 1.807) is 0 Å². The van der Waals surface area contributed by atoms with Gasteiger partial charge >= 0.3 is 0 Å². The van der Waals surface area contributed by atoms with Crippen molar-refractivity contribution in [1.29, 1.82) is 0 Å². The third-order valence-corrected chi connectivity index (χ3v) is 4.28. The number of aromatic nitrogens is 4. The van der Waals surface area contributed by atoms with Gasteiger partial charge in [-0.2, -0.15) is 15.1 Å². The summed E-state index contributed by atoms with van der Waals surface area (Å²) in [4.78, 5) is 11.4. The predicted molar refractivity (Wildman–Crippen MR) is 87.1 cm³/mol. The lowest BCUT2D eigenvalue weighted by atomic mass is 10.2. The Morgan fingerprint density at radius 1 is 1.23 bits per heavy atom. The molecular formula is C15H24N6O. The molecule has 1 aliphatic rings. The molecule has 0 spiro atoms. The normalized spacial score (nSPS) is 17.1. The second-order valence-electron chi connectivity index (χ2n) is 5.71. The monoisotopic (exact) mass is 304 g/mol. The van der Waals surface area contributed by atoms with Crippen LogP contribution in [-0.2, 0) is 11.2 Å². The molecule has 0 bridgehead atoms. The largest absolute Gasteiger partial charge is 0.383 e. The first-order valence-corrected chi connectivity index (χ1v) is 8.03. The SMILES string of the molecule is CCc1nn(C(C)CC)c2nc(N3CCOCC3)nc(N)c12. The van der Waals surface area contributed by atoms with E-state index < -0.39 is 0 Å². The van der Waals surface area contributed by atoms with Crippen LogP contribution in [0.25, 0.3) is 11.0 Å². The first kappa shape index (κ1) is 15.0. The molecule has 7 nitrogen and oxygen atoms in total. The van der Waals surface area contributed by atoms with Gasteiger partial charge in [-0.05, 0) is 19.8 Å². The fraction of sp³-hybridized carbons (Fsp3) is 0.667. The number of nitrogen functional groups attached to an aromatic ring is 1. The van der Waals surface area contributed by atoms with Crippen molar-refractivity contribution >= 4 is 22.8 Å². The number of morpholine rings is 1. The van der Waals surface area contributed by atoms with E-state index in [-0.39, 0.29) is 6.04 Å². The van der Waals surface area contributed by atoms with Gasteiger partial charge in [-0.15, -0.1) is 0 Å². The lowest BCUT2D eigenvalue weighted by molar-refractivity contribution is 0.122. The standard InChI is InChI=1S/C15H24N6O/c1-4-10(3)21-14-12(11(5-2)19-21)13(16)17-15(18-14)20-6-8-22-9-7-20/h10H,4-9H2,1-3H3,(H2,16,17,18). The zero-order valence-electron chi connectivity index (χ0n) is 13.5. The van der Waals surface area contributed by atoms with Crippen LogP contribution in [-0.4, -0.2) is 46.1 Å². The molecule has 1 unspecified atom stereocenters. The van der Waals surface area contributed by atoms with E-state index in [2.05, 4.69) is 30.7 Å². The number of hydrogen-bond acceptors (Lipinski definition) is 6. The molecular weight excluding hydrogens is 280 g/mol. The Labute approximate surface area is 130 Å². The van der Waals surface area contributed by atoms with Crippen molar-refractivity contribution in [1.82, 2.24) is 19.7 Å². The van der Waals surface area contributed by atoms with E-state index in [4.69, 9.17) is 20.6 Å². The zero-order chi connectivity index (χ0) is 15.7. The van der Waals surface area contributed by atoms with Gasteiger partial charge in [0.25, 0.3) is 0 Å². The van der Waals surface area contributed by atoms with Gasteiger partial charge in [0.15, 0.2) is 5.65 Å². The highest BCUT2D eigenvalue weighted by Crippen LogP contribution is 2.28. The van der Waals surface area contributed by atoms with Crippen LogP contribution in [0.3, 0.4) is 0 Å². The molecule has 120 valence electrons. The Hall–Kier alpha value is -1.89. The molecule has 7 heteroatoms. The first-order chi connectivity index (χ1) is 10.7. The van der Waals surface area contributed by atoms with E-state index in [1.165, 1.54) is 0 Å². The number of ether oxygens (including phenoxy) is 1. The molecule has 1 fully saturated rings. The summed E-state index contributed by atoms with van der Waals surface area (Å²) in [5, 5.41) is 5.62. The topological polar surface area (TPSA) is 82.1 Å². The van der Waals surface area contributed by atoms with E-state index in [9.17, 15) is 0 Å². The summed E-state index contributed by atoms with van der Waals surface area (Å²) in [6.45, 7) is 9.37. The fourth-order valence-corrected chi connectivity index (χ4v) is 2.76. The average Bonchev–Trinajstić information content (AvgIpc) is 2.94. The fourth-order valence-electron chi connectivity index (χ4n) is 2.76. The number of rotatable bonds is 4. The second kappa shape index (κ2) is 6.08. The van der Waals surface area contributed by atoms with Crippen molar-refractivity contribution in [2.75, 3.05) is 36.9 Å². The Morgan fingerprint density at radius 3 is 2.59 bits per heavy atom. The first-order valence-electron chi connectivity index (χ1n) is 8.03. The van der Waals surface area contributed by atoms with E-state index >= 15 is 0 Å². The minimum Gasteiger partial charge on any atom is -0.383 e. The average molecular weight is 304 g/mol. The van der Waals surface area contributed by atoms with Gasteiger partial charge < -0.3 is 15.4 Å². The van der Waals surface area contributed by atoms with Gasteiger partial charge in [-0.25, -0.2) is 4.68 Å². The van der Waals surface area contributed by atoms with Crippen molar-refractivity contribution in [2.45, 2.75) is 39.7 Å². The van der Waals surface area contributed by atoms with Crippen molar-refractivity contribution in [2.24, 2.45) is 0 Å². The Morgan fingerprint density at radius 2 is 1.95 bits per heavy atom. The molecule has 2 aromatic rings. The maximum absolute atomic E-state index is 6.23. The number of fused-ring (bicyclic) bond motifs is 1. The maximum atomic E-state index is 6.23. The quantitative estimate of drug-likeness (QED) is 0.927.